The van der Waals surface area contributed by atoms with E-state index in [2.05, 4.69) is 0 Å². The zero-order valence-corrected chi connectivity index (χ0v) is 103. The van der Waals surface area contributed by atoms with Crippen LogP contribution in [0.25, 0.3) is 0 Å². The van der Waals surface area contributed by atoms with E-state index in [4.69, 9.17) is 12.3 Å². The maximum Gasteiger partial charge on any atom is 0.381 e. The Hall–Kier alpha value is 1.91. The van der Waals surface area contributed by atoms with Gasteiger partial charge in [-0.2, -0.15) is 0 Å². The highest BCUT2D eigenvalue weighted by Gasteiger charge is 2.60. The fourth-order valence-corrected chi connectivity index (χ4v) is 558. The molecule has 0 spiro atoms. The van der Waals surface area contributed by atoms with Gasteiger partial charge >= 0.3 is 332 Å². The summed E-state index contributed by atoms with van der Waals surface area (Å²) < 4.78 is 569. The molecule has 0 saturated heterocycles. The van der Waals surface area contributed by atoms with Gasteiger partial charge in [-0.3, -0.25) is 0 Å². The molecule has 0 aromatic rings. The van der Waals surface area contributed by atoms with Gasteiger partial charge in [0.05, 0.1) is 0 Å². The molecule has 0 aromatic heterocycles. The lowest BCUT2D eigenvalue weighted by Gasteiger charge is -2.28. The molecule has 540 valence electrons. The summed E-state index contributed by atoms with van der Waals surface area (Å²) in [5.41, 5.74) is 0. The second kappa shape index (κ2) is 46.0. The Balaban J connectivity index is 5.85. The minimum atomic E-state index is -4.77. The zero-order valence-electron chi connectivity index (χ0n) is 52.8. The van der Waals surface area contributed by atoms with Crippen LogP contribution in [0.5, 0.6) is 0 Å². The second-order valence-electron chi connectivity index (χ2n) is 21.5. The SMILES string of the molecule is C[SiH](O[SiH2][Si](=O)[Si](=O)[Si](=O)[Si](=O)[Si](=O)[Si](=O)[Si](=O)[Si](=O)[Si](=O)[Si](=O)[Si](=O)[Si](=O)[Si](=O)[Si](=O)[Si](=O)[Si](=O)[Si](=O)[Si](=O)[Si](=O)[Si](=O)[Si](=O)[Si](=O)[Si](=O)[Si](C)(C)O[Si](C)(C)C)[Si](=O)[Si](=O)[Si](=O)[Si](=O)[Si](=O)[Si](=O)[Si](=O)[Si](=O)[Si](=O)[Si](=O)[Si](=O)[Si](=O)[Si](=O)[Si](=O)[Si](=O)[Si](=O)[Si](=O)[Si](=O)[Si](=O)[Si](=O)[SiH2]O[Si](C)(C)C. The third-order valence-electron chi connectivity index (χ3n) is 11.1. The summed E-state index contributed by atoms with van der Waals surface area (Å²) in [5.74, 6) is 0. The van der Waals surface area contributed by atoms with Crippen LogP contribution in [0.15, 0.2) is 0 Å². The van der Waals surface area contributed by atoms with Gasteiger partial charge in [0.25, 0.3) is 0 Å². The first kappa shape index (κ1) is 106. The van der Waals surface area contributed by atoms with E-state index < -0.39 is 383 Å². The topological polar surface area (TPSA) is 762 Å². The monoisotopic (exact) mass is 2250 g/mol. The van der Waals surface area contributed by atoms with E-state index in [1.165, 1.54) is 13.1 Å². The second-order valence-corrected chi connectivity index (χ2v) is 260. The normalized spacial score (nSPS) is 11.2. The third-order valence-corrected chi connectivity index (χ3v) is 382. The molecule has 0 saturated carbocycles. The van der Waals surface area contributed by atoms with Crippen molar-refractivity contribution in [2.24, 2.45) is 0 Å². The minimum absolute atomic E-state index is 0.845. The predicted molar refractivity (Wildman–Crippen MR) is 374 cm³/mol. The van der Waals surface area contributed by atoms with Crippen LogP contribution in [0.2, 0.25) is 58.9 Å². The molecule has 0 aliphatic heterocycles. The van der Waals surface area contributed by atoms with Crippen LogP contribution in [0.4, 0.5) is 0 Å². The quantitative estimate of drug-likeness (QED) is 0.0510. The lowest BCUT2D eigenvalue weighted by atomic mass is 11.8. The third kappa shape index (κ3) is 29.6. The Morgan fingerprint density at radius 2 is 0.356 bits per heavy atom. The van der Waals surface area contributed by atoms with Gasteiger partial charge in [-0.25, -0.2) is 0 Å². The van der Waals surface area contributed by atoms with Crippen LogP contribution >= 0.6 is 0 Å². The van der Waals surface area contributed by atoms with Crippen molar-refractivity contribution in [2.75, 3.05) is 0 Å². The Morgan fingerprint density at radius 1 is 0.202 bits per heavy atom. The van der Waals surface area contributed by atoms with Gasteiger partial charge in [-0.05, 0) is 58.9 Å². The summed E-state index contributed by atoms with van der Waals surface area (Å²) in [5, 5.41) is 0. The Morgan fingerprint density at radius 3 is 0.529 bits per heavy atom. The molecule has 0 heterocycles. The molecule has 0 amide bonds. The van der Waals surface area contributed by atoms with Crippen molar-refractivity contribution >= 4 is 383 Å². The van der Waals surface area contributed by atoms with E-state index >= 15 is 0 Å². The van der Waals surface area contributed by atoms with E-state index in [0.717, 1.165) is 6.55 Å². The standard InChI is InChI=1S/C9H32O46Si49/c1-58(61(12)64(15)67(18)70(21)73(24)76(27)79(30)82(33)85(36)88(39)87(38)84(35)81(32)78(29)75(26)72(23)69(20)66(17)63(14)60(11)57-54-102(2,3)4)53-56-59(10)62(13)65(16)68(19)71(22)74(25)77(28)80(31)83(34)86(37)89(40)90(41)91(42)92(43)93(44)94(45)95(46)96(47)97(48)98(49)99(50)100(51)101(52)104(8,9)55-103(5,6)7/h58H,56-57H2,1-9H3. The lowest BCUT2D eigenvalue weighted by molar-refractivity contribution is 0.530. The van der Waals surface area contributed by atoms with Crippen molar-refractivity contribution in [3.05, 3.63) is 0 Å². The van der Waals surface area contributed by atoms with E-state index in [1.54, 1.807) is 39.3 Å². The number of hydrogen-bond donors (Lipinski definition) is 0. The first-order valence-electron chi connectivity index (χ1n) is 26.3. The van der Waals surface area contributed by atoms with E-state index in [1.807, 2.05) is 0 Å². The Kier molecular flexibility index (Phi) is 46.8. The zero-order chi connectivity index (χ0) is 82.4. The van der Waals surface area contributed by atoms with E-state index in [-0.39, 0.29) is 0 Å². The molecule has 0 fully saturated rings. The molecule has 104 heavy (non-hydrogen) atoms. The maximum atomic E-state index is 13.1. The van der Waals surface area contributed by atoms with Crippen molar-refractivity contribution < 1.29 is 204 Å². The van der Waals surface area contributed by atoms with Crippen molar-refractivity contribution in [2.45, 2.75) is 58.9 Å². The highest BCUT2D eigenvalue weighted by atomic mass is 30.1. The number of hydrogen-bond acceptors (Lipinski definition) is 46. The van der Waals surface area contributed by atoms with Crippen LogP contribution in [0, 0.1) is 0 Å². The molecule has 95 heteroatoms. The molecule has 1 atom stereocenters. The Bertz CT molecular complexity index is 4570. The van der Waals surface area contributed by atoms with Gasteiger partial charge in [0.1, 0.15) is 0 Å². The van der Waals surface area contributed by atoms with Gasteiger partial charge in [-0.1, -0.05) is 0 Å². The predicted octanol–water partition coefficient (Wildman–Crippen LogP) is -20.1. The molecule has 0 aromatic carbocycles. The summed E-state index contributed by atoms with van der Waals surface area (Å²) in [6, 6.07) is 0. The summed E-state index contributed by atoms with van der Waals surface area (Å²) >= 11 is 0. The van der Waals surface area contributed by atoms with Crippen LogP contribution in [0.3, 0.4) is 0 Å². The molecule has 46 nitrogen and oxygen atoms in total. The molecular weight excluding hydrogens is 2220 g/mol. The molecule has 0 N–H and O–H groups in total. The van der Waals surface area contributed by atoms with Crippen LogP contribution in [-0.2, 0) is 204 Å². The summed E-state index contributed by atoms with van der Waals surface area (Å²) in [7, 11) is -208. The first-order chi connectivity index (χ1) is 47.0. The van der Waals surface area contributed by atoms with Crippen molar-refractivity contribution in [1.82, 2.24) is 0 Å². The molecular formula is C9H32O46Si49. The van der Waals surface area contributed by atoms with Gasteiger partial charge < -0.3 is 204 Å². The van der Waals surface area contributed by atoms with E-state index in [0.29, 0.717) is 0 Å². The molecule has 1 unspecified atom stereocenters. The molecule has 0 aliphatic rings. The smallest absolute Gasteiger partial charge is 0.381 e. The summed E-state index contributed by atoms with van der Waals surface area (Å²) in [6.45, 7) is 13.5. The largest absolute Gasteiger partial charge is 0.457 e. The first-order valence-corrected chi connectivity index (χ1v) is 148. The minimum Gasteiger partial charge on any atom is -0.457 e. The molecule has 0 aliphatic carbocycles. The fourth-order valence-electron chi connectivity index (χ4n) is 6.04. The van der Waals surface area contributed by atoms with Crippen LogP contribution < -0.4 is 0 Å². The van der Waals surface area contributed by atoms with Crippen LogP contribution in [-0.4, -0.2) is 383 Å². The molecule has 0 bridgehead atoms. The van der Waals surface area contributed by atoms with Crippen molar-refractivity contribution in [1.29, 1.82) is 0 Å². The van der Waals surface area contributed by atoms with Gasteiger partial charge in [-0.15, -0.1) is 0 Å². The number of rotatable bonds is 51. The van der Waals surface area contributed by atoms with Gasteiger partial charge in [0, 0.05) is 0 Å². The lowest BCUT2D eigenvalue weighted by Crippen LogP contribution is -2.59. The van der Waals surface area contributed by atoms with Crippen LogP contribution in [0.1, 0.15) is 0 Å². The van der Waals surface area contributed by atoms with Gasteiger partial charge in [0.2, 0.25) is 35.0 Å². The molecule has 0 rings (SSSR count). The van der Waals surface area contributed by atoms with Crippen molar-refractivity contribution in [3.8, 4) is 0 Å². The molecule has 0 radical (unpaired) electrons. The highest BCUT2D eigenvalue weighted by molar-refractivity contribution is 7.86. The van der Waals surface area contributed by atoms with Gasteiger partial charge in [0.15, 0.2) is 16.6 Å². The summed E-state index contributed by atoms with van der Waals surface area (Å²) in [4.78, 5) is 0. The average molecular weight is 2250 g/mol. The maximum absolute atomic E-state index is 13.1. The van der Waals surface area contributed by atoms with Crippen molar-refractivity contribution in [3.63, 3.8) is 0 Å². The van der Waals surface area contributed by atoms with E-state index in [9.17, 15) is 192 Å². The summed E-state index contributed by atoms with van der Waals surface area (Å²) in [6.07, 6.45) is 0. The average Bonchev–Trinajstić information content (AvgIpc) is 0.826. The fraction of sp³-hybridized carbons (Fsp3) is 1.00. The highest BCUT2D eigenvalue weighted by Crippen LogP contribution is 2.14. The Labute approximate surface area is 638 Å².